The summed E-state index contributed by atoms with van der Waals surface area (Å²) in [7, 11) is 1.75. The Morgan fingerprint density at radius 2 is 2.18 bits per heavy atom. The number of aryl methyl sites for hydroxylation is 1. The van der Waals surface area contributed by atoms with Crippen molar-refractivity contribution in [2.24, 2.45) is 0 Å². The maximum Gasteiger partial charge on any atom is 0.254 e. The van der Waals surface area contributed by atoms with Crippen LogP contribution >= 0.6 is 11.3 Å². The van der Waals surface area contributed by atoms with Gasteiger partial charge >= 0.3 is 0 Å². The van der Waals surface area contributed by atoms with Crippen LogP contribution in [0.5, 0.6) is 0 Å². The van der Waals surface area contributed by atoms with Gasteiger partial charge in [-0.3, -0.25) is 9.89 Å². The van der Waals surface area contributed by atoms with Crippen molar-refractivity contribution >= 4 is 28.1 Å². The van der Waals surface area contributed by atoms with Crippen molar-refractivity contribution in [3.63, 3.8) is 0 Å². The average molecular weight is 395 g/mol. The molecular formula is C20H18FN5OS. The summed E-state index contributed by atoms with van der Waals surface area (Å²) < 4.78 is 13.9. The number of pyridine rings is 1. The molecule has 4 rings (SSSR count). The molecule has 28 heavy (non-hydrogen) atoms. The fourth-order valence-electron chi connectivity index (χ4n) is 3.06. The molecule has 142 valence electrons. The van der Waals surface area contributed by atoms with E-state index in [9.17, 15) is 9.18 Å². The van der Waals surface area contributed by atoms with E-state index in [1.807, 2.05) is 12.4 Å². The first-order valence-corrected chi connectivity index (χ1v) is 9.65. The lowest BCUT2D eigenvalue weighted by atomic mass is 10.0. The summed E-state index contributed by atoms with van der Waals surface area (Å²) in [4.78, 5) is 24.8. The lowest BCUT2D eigenvalue weighted by molar-refractivity contribution is 0.0798. The molecule has 4 aromatic rings. The van der Waals surface area contributed by atoms with E-state index in [1.54, 1.807) is 47.8 Å². The molecule has 0 spiro atoms. The van der Waals surface area contributed by atoms with Gasteiger partial charge in [0.1, 0.15) is 5.82 Å². The highest BCUT2D eigenvalue weighted by Crippen LogP contribution is 2.26. The fourth-order valence-corrected chi connectivity index (χ4v) is 3.83. The van der Waals surface area contributed by atoms with Crippen molar-refractivity contribution in [3.05, 3.63) is 64.1 Å². The van der Waals surface area contributed by atoms with Crippen molar-refractivity contribution in [1.82, 2.24) is 25.1 Å². The lowest BCUT2D eigenvalue weighted by Crippen LogP contribution is -2.29. The topological polar surface area (TPSA) is 74.8 Å². The smallest absolute Gasteiger partial charge is 0.254 e. The number of aromatic nitrogens is 4. The van der Waals surface area contributed by atoms with Crippen LogP contribution in [-0.2, 0) is 6.42 Å². The van der Waals surface area contributed by atoms with Gasteiger partial charge in [0.2, 0.25) is 0 Å². The standard InChI is InChI=1S/C20H18FN5OS/c1-12-19(28-11-22-12)5-6-26(2)20(27)16-8-18(13-9-23-24-10-13)25-17-4-3-14(21)7-15(16)17/h3-4,7-11H,5-6H2,1-2H3,(H,23,24). The third-order valence-electron chi connectivity index (χ3n) is 4.66. The zero-order valence-corrected chi connectivity index (χ0v) is 16.3. The van der Waals surface area contributed by atoms with Crippen LogP contribution in [0.1, 0.15) is 20.9 Å². The zero-order chi connectivity index (χ0) is 19.7. The van der Waals surface area contributed by atoms with E-state index in [4.69, 9.17) is 0 Å². The van der Waals surface area contributed by atoms with Crippen LogP contribution < -0.4 is 0 Å². The predicted molar refractivity (Wildman–Crippen MR) is 107 cm³/mol. The summed E-state index contributed by atoms with van der Waals surface area (Å²) in [6.07, 6.45) is 4.08. The number of H-pyrrole nitrogens is 1. The number of fused-ring (bicyclic) bond motifs is 1. The van der Waals surface area contributed by atoms with Crippen molar-refractivity contribution in [2.75, 3.05) is 13.6 Å². The Morgan fingerprint density at radius 3 is 2.89 bits per heavy atom. The van der Waals surface area contributed by atoms with Gasteiger partial charge in [0.05, 0.1) is 34.2 Å². The van der Waals surface area contributed by atoms with Gasteiger partial charge < -0.3 is 4.90 Å². The van der Waals surface area contributed by atoms with Gasteiger partial charge in [0, 0.05) is 42.0 Å². The van der Waals surface area contributed by atoms with Gasteiger partial charge in [-0.05, 0) is 31.2 Å². The maximum absolute atomic E-state index is 13.9. The minimum absolute atomic E-state index is 0.176. The van der Waals surface area contributed by atoms with E-state index < -0.39 is 5.82 Å². The van der Waals surface area contributed by atoms with Crippen LogP contribution in [0.15, 0.2) is 42.2 Å². The molecule has 1 N–H and O–H groups in total. The summed E-state index contributed by atoms with van der Waals surface area (Å²) >= 11 is 1.59. The van der Waals surface area contributed by atoms with Gasteiger partial charge in [-0.2, -0.15) is 5.10 Å². The lowest BCUT2D eigenvalue weighted by Gasteiger charge is -2.18. The first-order chi connectivity index (χ1) is 13.5. The highest BCUT2D eigenvalue weighted by molar-refractivity contribution is 7.09. The number of amides is 1. The highest BCUT2D eigenvalue weighted by Gasteiger charge is 2.19. The third kappa shape index (κ3) is 3.50. The van der Waals surface area contributed by atoms with E-state index in [-0.39, 0.29) is 5.91 Å². The number of nitrogens with one attached hydrogen (secondary N) is 1. The number of hydrogen-bond acceptors (Lipinski definition) is 5. The molecule has 0 bridgehead atoms. The number of hydrogen-bond donors (Lipinski definition) is 1. The summed E-state index contributed by atoms with van der Waals surface area (Å²) in [6.45, 7) is 2.51. The number of benzene rings is 1. The van der Waals surface area contributed by atoms with E-state index in [0.717, 1.165) is 22.6 Å². The normalized spacial score (nSPS) is 11.1. The minimum Gasteiger partial charge on any atom is -0.341 e. The van der Waals surface area contributed by atoms with E-state index in [0.29, 0.717) is 28.7 Å². The van der Waals surface area contributed by atoms with Crippen LogP contribution in [0.2, 0.25) is 0 Å². The number of carbonyl (C=O) groups is 1. The van der Waals surface area contributed by atoms with E-state index in [2.05, 4.69) is 20.2 Å². The molecule has 0 aliphatic heterocycles. The predicted octanol–water partition coefficient (Wildman–Crippen LogP) is 3.84. The molecule has 0 fully saturated rings. The van der Waals surface area contributed by atoms with Crippen molar-refractivity contribution in [3.8, 4) is 11.3 Å². The van der Waals surface area contributed by atoms with Crippen LogP contribution in [0, 0.1) is 12.7 Å². The molecule has 0 radical (unpaired) electrons. The number of thiazole rings is 1. The molecule has 0 aliphatic carbocycles. The number of aromatic amines is 1. The Labute approximate surface area is 165 Å². The van der Waals surface area contributed by atoms with E-state index in [1.165, 1.54) is 12.1 Å². The first-order valence-electron chi connectivity index (χ1n) is 8.77. The molecular weight excluding hydrogens is 377 g/mol. The largest absolute Gasteiger partial charge is 0.341 e. The Hall–Kier alpha value is -3.13. The van der Waals surface area contributed by atoms with Gasteiger partial charge in [0.15, 0.2) is 0 Å². The van der Waals surface area contributed by atoms with Gasteiger partial charge in [-0.1, -0.05) is 0 Å². The van der Waals surface area contributed by atoms with Crippen molar-refractivity contribution in [1.29, 1.82) is 0 Å². The average Bonchev–Trinajstić information content (AvgIpc) is 3.36. The minimum atomic E-state index is -0.401. The Bertz CT molecular complexity index is 1140. The molecule has 8 heteroatoms. The highest BCUT2D eigenvalue weighted by atomic mass is 32.1. The van der Waals surface area contributed by atoms with Crippen LogP contribution in [0.3, 0.4) is 0 Å². The molecule has 0 atom stereocenters. The summed E-state index contributed by atoms with van der Waals surface area (Å²) in [5, 5.41) is 7.19. The summed E-state index contributed by atoms with van der Waals surface area (Å²) in [6, 6.07) is 5.99. The second kappa shape index (κ2) is 7.47. The molecule has 0 saturated heterocycles. The Balaban J connectivity index is 1.70. The second-order valence-corrected chi connectivity index (χ2v) is 7.48. The quantitative estimate of drug-likeness (QED) is 0.557. The Morgan fingerprint density at radius 1 is 1.32 bits per heavy atom. The second-order valence-electron chi connectivity index (χ2n) is 6.54. The summed E-state index contributed by atoms with van der Waals surface area (Å²) in [5.74, 6) is -0.577. The molecule has 1 aromatic carbocycles. The van der Waals surface area contributed by atoms with Crippen LogP contribution in [0.25, 0.3) is 22.2 Å². The molecule has 0 aliphatic rings. The Kier molecular flexibility index (Phi) is 4.87. The maximum atomic E-state index is 13.9. The van der Waals surface area contributed by atoms with Gasteiger partial charge in [0.25, 0.3) is 5.91 Å². The number of halogens is 1. The SMILES string of the molecule is Cc1ncsc1CCN(C)C(=O)c1cc(-c2cn[nH]c2)nc2ccc(F)cc12. The molecule has 3 aromatic heterocycles. The van der Waals surface area contributed by atoms with Crippen molar-refractivity contribution < 1.29 is 9.18 Å². The number of rotatable bonds is 5. The fraction of sp³-hybridized carbons (Fsp3) is 0.200. The first kappa shape index (κ1) is 18.2. The van der Waals surface area contributed by atoms with E-state index >= 15 is 0 Å². The molecule has 0 unspecified atom stereocenters. The zero-order valence-electron chi connectivity index (χ0n) is 15.4. The summed E-state index contributed by atoms with van der Waals surface area (Å²) in [5.41, 5.74) is 5.16. The number of carbonyl (C=O) groups excluding carboxylic acids is 1. The van der Waals surface area contributed by atoms with Gasteiger partial charge in [-0.25, -0.2) is 14.4 Å². The van der Waals surface area contributed by atoms with Gasteiger partial charge in [-0.15, -0.1) is 11.3 Å². The monoisotopic (exact) mass is 395 g/mol. The molecule has 1 amide bonds. The third-order valence-corrected chi connectivity index (χ3v) is 5.66. The number of likely N-dealkylation sites (N-methyl/N-ethyl adjacent to an activating group) is 1. The molecule has 6 nitrogen and oxygen atoms in total. The number of nitrogens with zero attached hydrogens (tertiary/aromatic N) is 4. The van der Waals surface area contributed by atoms with Crippen LogP contribution in [-0.4, -0.2) is 44.6 Å². The molecule has 3 heterocycles. The molecule has 0 saturated carbocycles. The van der Waals surface area contributed by atoms with Crippen LogP contribution in [0.4, 0.5) is 4.39 Å². The van der Waals surface area contributed by atoms with Crippen molar-refractivity contribution in [2.45, 2.75) is 13.3 Å².